The number of sulfone groups is 1. The molecule has 9 heteroatoms. The number of halogens is 1. The summed E-state index contributed by atoms with van der Waals surface area (Å²) in [6, 6.07) is 10.0. The number of H-pyrrole nitrogens is 1. The molecule has 0 aliphatic rings. The van der Waals surface area contributed by atoms with Crippen molar-refractivity contribution < 1.29 is 8.42 Å². The molecule has 1 aromatic heterocycles. The average Bonchev–Trinajstić information content (AvgIpc) is 3.10. The number of hydrogen-bond donors (Lipinski definition) is 2. The first-order valence-electron chi connectivity index (χ1n) is 8.74. The van der Waals surface area contributed by atoms with Gasteiger partial charge in [0, 0.05) is 19.3 Å². The predicted octanol–water partition coefficient (Wildman–Crippen LogP) is 2.53. The highest BCUT2D eigenvalue weighted by atomic mass is 127. The fourth-order valence-corrected chi connectivity index (χ4v) is 3.07. The summed E-state index contributed by atoms with van der Waals surface area (Å²) >= 11 is 0. The molecule has 0 saturated heterocycles. The van der Waals surface area contributed by atoms with Gasteiger partial charge in [-0.1, -0.05) is 37.3 Å². The van der Waals surface area contributed by atoms with Crippen LogP contribution in [0.4, 0.5) is 0 Å². The zero-order valence-corrected chi connectivity index (χ0v) is 19.1. The Kier molecular flexibility index (Phi) is 9.78. The maximum atomic E-state index is 11.6. The molecule has 27 heavy (non-hydrogen) atoms. The van der Waals surface area contributed by atoms with Crippen molar-refractivity contribution >= 4 is 39.8 Å². The standard InChI is InChI=1S/C18H27N5O2S.HI/c1-4-19-18(20-11-12-26(24,25)5-2)23(3)14-17-21-13-16(22-17)15-9-7-6-8-10-15;/h6-10,13H,4-5,11-12,14H2,1-3H3,(H,19,20)(H,21,22);1H. The molecule has 0 bridgehead atoms. The van der Waals surface area contributed by atoms with Crippen LogP contribution in [0, 0.1) is 0 Å². The Bertz CT molecular complexity index is 821. The SMILES string of the molecule is CCNC(=NCCS(=O)(=O)CC)N(C)Cc1ncc(-c2ccccc2)[nH]1.I. The molecular formula is C18H28IN5O2S. The monoisotopic (exact) mass is 505 g/mol. The number of imidazole rings is 1. The summed E-state index contributed by atoms with van der Waals surface area (Å²) in [7, 11) is -1.11. The minimum atomic E-state index is -3.01. The number of nitrogens with one attached hydrogen (secondary N) is 2. The Labute approximate surface area is 178 Å². The Morgan fingerprint density at radius 1 is 1.26 bits per heavy atom. The van der Waals surface area contributed by atoms with E-state index in [2.05, 4.69) is 20.3 Å². The minimum Gasteiger partial charge on any atom is -0.357 e. The fraction of sp³-hybridized carbons (Fsp3) is 0.444. The van der Waals surface area contributed by atoms with Crippen molar-refractivity contribution in [2.45, 2.75) is 20.4 Å². The number of aromatic nitrogens is 2. The fourth-order valence-electron chi connectivity index (χ4n) is 2.41. The highest BCUT2D eigenvalue weighted by Gasteiger charge is 2.11. The van der Waals surface area contributed by atoms with E-state index >= 15 is 0 Å². The van der Waals surface area contributed by atoms with Crippen LogP contribution < -0.4 is 5.32 Å². The van der Waals surface area contributed by atoms with E-state index in [0.717, 1.165) is 17.1 Å². The highest BCUT2D eigenvalue weighted by Crippen LogP contribution is 2.16. The van der Waals surface area contributed by atoms with Gasteiger partial charge >= 0.3 is 0 Å². The predicted molar refractivity (Wildman–Crippen MR) is 121 cm³/mol. The van der Waals surface area contributed by atoms with Gasteiger partial charge in [-0.15, -0.1) is 24.0 Å². The largest absolute Gasteiger partial charge is 0.357 e. The number of guanidine groups is 1. The summed E-state index contributed by atoms with van der Waals surface area (Å²) < 4.78 is 23.2. The van der Waals surface area contributed by atoms with Crippen LogP contribution >= 0.6 is 24.0 Å². The summed E-state index contributed by atoms with van der Waals surface area (Å²) in [5, 5.41) is 3.18. The van der Waals surface area contributed by atoms with E-state index in [4.69, 9.17) is 0 Å². The lowest BCUT2D eigenvalue weighted by molar-refractivity contribution is 0.464. The number of aromatic amines is 1. The van der Waals surface area contributed by atoms with Gasteiger partial charge in [0.15, 0.2) is 15.8 Å². The molecule has 7 nitrogen and oxygen atoms in total. The number of hydrogen-bond acceptors (Lipinski definition) is 4. The quantitative estimate of drug-likeness (QED) is 0.327. The first kappa shape index (κ1) is 23.4. The van der Waals surface area contributed by atoms with Gasteiger partial charge in [-0.25, -0.2) is 13.4 Å². The van der Waals surface area contributed by atoms with Crippen molar-refractivity contribution in [2.75, 3.05) is 31.6 Å². The normalized spacial score (nSPS) is 11.7. The Balaban J connectivity index is 0.00000364. The lowest BCUT2D eigenvalue weighted by Crippen LogP contribution is -2.39. The Hall–Kier alpha value is -1.62. The van der Waals surface area contributed by atoms with E-state index in [1.807, 2.05) is 55.4 Å². The lowest BCUT2D eigenvalue weighted by atomic mass is 10.2. The third-order valence-corrected chi connectivity index (χ3v) is 5.58. The van der Waals surface area contributed by atoms with Crippen LogP contribution in [0.1, 0.15) is 19.7 Å². The summed E-state index contributed by atoms with van der Waals surface area (Å²) in [6.45, 7) is 5.12. The van der Waals surface area contributed by atoms with Crippen molar-refractivity contribution in [1.82, 2.24) is 20.2 Å². The second kappa shape index (κ2) is 11.3. The number of aliphatic imine (C=N–C) groups is 1. The second-order valence-electron chi connectivity index (χ2n) is 5.94. The lowest BCUT2D eigenvalue weighted by Gasteiger charge is -2.21. The molecule has 0 amide bonds. The Morgan fingerprint density at radius 2 is 1.96 bits per heavy atom. The van der Waals surface area contributed by atoms with Gasteiger partial charge in [-0.05, 0) is 12.5 Å². The van der Waals surface area contributed by atoms with Crippen molar-refractivity contribution in [1.29, 1.82) is 0 Å². The van der Waals surface area contributed by atoms with E-state index in [9.17, 15) is 8.42 Å². The molecule has 150 valence electrons. The van der Waals surface area contributed by atoms with Gasteiger partial charge < -0.3 is 15.2 Å². The summed E-state index contributed by atoms with van der Waals surface area (Å²) in [4.78, 5) is 14.1. The minimum absolute atomic E-state index is 0. The molecule has 0 spiro atoms. The van der Waals surface area contributed by atoms with Crippen LogP contribution in [-0.4, -0.2) is 60.9 Å². The van der Waals surface area contributed by atoms with Crippen LogP contribution in [0.2, 0.25) is 0 Å². The molecule has 2 N–H and O–H groups in total. The first-order valence-corrected chi connectivity index (χ1v) is 10.6. The second-order valence-corrected chi connectivity index (χ2v) is 8.41. The van der Waals surface area contributed by atoms with Crippen molar-refractivity contribution in [3.05, 3.63) is 42.4 Å². The van der Waals surface area contributed by atoms with Gasteiger partial charge in [-0.3, -0.25) is 4.99 Å². The van der Waals surface area contributed by atoms with Crippen LogP contribution in [0.3, 0.4) is 0 Å². The van der Waals surface area contributed by atoms with E-state index in [1.54, 1.807) is 6.92 Å². The molecule has 2 aromatic rings. The van der Waals surface area contributed by atoms with Crippen molar-refractivity contribution in [2.24, 2.45) is 4.99 Å². The van der Waals surface area contributed by atoms with Crippen LogP contribution in [0.15, 0.2) is 41.5 Å². The Morgan fingerprint density at radius 3 is 2.59 bits per heavy atom. The number of nitrogens with zero attached hydrogens (tertiary/aromatic N) is 3. The molecule has 0 radical (unpaired) electrons. The van der Waals surface area contributed by atoms with E-state index in [0.29, 0.717) is 19.0 Å². The molecule has 0 aliphatic heterocycles. The van der Waals surface area contributed by atoms with Gasteiger partial charge in [0.2, 0.25) is 0 Å². The smallest absolute Gasteiger partial charge is 0.194 e. The van der Waals surface area contributed by atoms with E-state index in [1.165, 1.54) is 0 Å². The third kappa shape index (κ3) is 7.49. The number of benzene rings is 1. The van der Waals surface area contributed by atoms with E-state index in [-0.39, 0.29) is 42.0 Å². The molecular weight excluding hydrogens is 477 g/mol. The summed E-state index contributed by atoms with van der Waals surface area (Å²) in [5.74, 6) is 1.68. The summed E-state index contributed by atoms with van der Waals surface area (Å²) in [6.07, 6.45) is 1.82. The first-order chi connectivity index (χ1) is 12.4. The summed E-state index contributed by atoms with van der Waals surface area (Å²) in [5.41, 5.74) is 2.05. The number of rotatable bonds is 8. The van der Waals surface area contributed by atoms with Crippen LogP contribution in [0.5, 0.6) is 0 Å². The van der Waals surface area contributed by atoms with Crippen molar-refractivity contribution in [3.8, 4) is 11.3 Å². The molecule has 0 fully saturated rings. The van der Waals surface area contributed by atoms with E-state index < -0.39 is 9.84 Å². The van der Waals surface area contributed by atoms with Crippen LogP contribution in [0.25, 0.3) is 11.3 Å². The maximum Gasteiger partial charge on any atom is 0.194 e. The molecule has 0 aliphatic carbocycles. The molecule has 0 atom stereocenters. The molecule has 1 aromatic carbocycles. The average molecular weight is 505 g/mol. The molecule has 0 saturated carbocycles. The third-order valence-electron chi connectivity index (χ3n) is 3.90. The van der Waals surface area contributed by atoms with Gasteiger partial charge in [0.1, 0.15) is 5.82 Å². The van der Waals surface area contributed by atoms with Crippen LogP contribution in [-0.2, 0) is 16.4 Å². The highest BCUT2D eigenvalue weighted by molar-refractivity contribution is 14.0. The molecule has 1 heterocycles. The van der Waals surface area contributed by atoms with Gasteiger partial charge in [-0.2, -0.15) is 0 Å². The topological polar surface area (TPSA) is 90.4 Å². The maximum absolute atomic E-state index is 11.6. The molecule has 2 rings (SSSR count). The zero-order valence-electron chi connectivity index (χ0n) is 16.0. The van der Waals surface area contributed by atoms with Crippen molar-refractivity contribution in [3.63, 3.8) is 0 Å². The van der Waals surface area contributed by atoms with Gasteiger partial charge in [0.05, 0.1) is 30.7 Å². The van der Waals surface area contributed by atoms with Gasteiger partial charge in [0.25, 0.3) is 0 Å². The molecule has 0 unspecified atom stereocenters. The zero-order chi connectivity index (χ0) is 19.0.